The number of benzene rings is 1. The zero-order valence-electron chi connectivity index (χ0n) is 12.9. The average molecular weight is 308 g/mol. The zero-order valence-corrected chi connectivity index (χ0v) is 13.8. The number of fused-ring (bicyclic) bond motifs is 1. The van der Waals surface area contributed by atoms with Crippen molar-refractivity contribution < 1.29 is 8.42 Å². The van der Waals surface area contributed by atoms with E-state index in [1.807, 2.05) is 24.4 Å². The number of aromatic nitrogens is 1. The topological polar surface area (TPSA) is 62.0 Å². The fourth-order valence-corrected chi connectivity index (χ4v) is 3.63. The van der Waals surface area contributed by atoms with Gasteiger partial charge in [-0.25, -0.2) is 13.1 Å². The summed E-state index contributed by atoms with van der Waals surface area (Å²) in [6.45, 7) is 6.59. The van der Waals surface area contributed by atoms with Gasteiger partial charge in [0.05, 0.1) is 5.75 Å². The lowest BCUT2D eigenvalue weighted by Crippen LogP contribution is -2.30. The van der Waals surface area contributed by atoms with Crippen molar-refractivity contribution in [1.82, 2.24) is 9.71 Å². The van der Waals surface area contributed by atoms with Crippen LogP contribution >= 0.6 is 0 Å². The first kappa shape index (κ1) is 16.0. The van der Waals surface area contributed by atoms with Crippen LogP contribution in [0.1, 0.15) is 32.8 Å². The van der Waals surface area contributed by atoms with E-state index in [1.54, 1.807) is 0 Å². The SMILES string of the molecule is CC(C)(C)CCS(=O)(=O)NCCc1c[nH]c2ccccc12. The third-order valence-electron chi connectivity index (χ3n) is 3.51. The van der Waals surface area contributed by atoms with Gasteiger partial charge in [0.15, 0.2) is 0 Å². The Labute approximate surface area is 127 Å². The van der Waals surface area contributed by atoms with E-state index in [1.165, 1.54) is 0 Å². The molecule has 0 fully saturated rings. The van der Waals surface area contributed by atoms with Gasteiger partial charge >= 0.3 is 0 Å². The van der Waals surface area contributed by atoms with Crippen molar-refractivity contribution in [2.45, 2.75) is 33.6 Å². The molecule has 0 aliphatic heterocycles. The number of nitrogens with one attached hydrogen (secondary N) is 2. The van der Waals surface area contributed by atoms with Crippen LogP contribution < -0.4 is 4.72 Å². The molecule has 0 saturated carbocycles. The Balaban J connectivity index is 1.89. The van der Waals surface area contributed by atoms with E-state index in [-0.39, 0.29) is 11.2 Å². The lowest BCUT2D eigenvalue weighted by Gasteiger charge is -2.17. The van der Waals surface area contributed by atoms with Crippen molar-refractivity contribution in [1.29, 1.82) is 0 Å². The molecule has 0 atom stereocenters. The Morgan fingerprint density at radius 2 is 1.90 bits per heavy atom. The highest BCUT2D eigenvalue weighted by Crippen LogP contribution is 2.19. The van der Waals surface area contributed by atoms with Crippen molar-refractivity contribution in [3.8, 4) is 0 Å². The predicted molar refractivity (Wildman–Crippen MR) is 87.9 cm³/mol. The molecule has 0 spiro atoms. The minimum Gasteiger partial charge on any atom is -0.361 e. The van der Waals surface area contributed by atoms with Gasteiger partial charge in [0.25, 0.3) is 0 Å². The fourth-order valence-electron chi connectivity index (χ4n) is 2.19. The van der Waals surface area contributed by atoms with Gasteiger partial charge in [-0.15, -0.1) is 0 Å². The minimum atomic E-state index is -3.18. The molecule has 2 aromatic rings. The number of hydrogen-bond donors (Lipinski definition) is 2. The van der Waals surface area contributed by atoms with Crippen LogP contribution in [0.25, 0.3) is 10.9 Å². The molecule has 0 radical (unpaired) electrons. The number of para-hydroxylation sites is 1. The highest BCUT2D eigenvalue weighted by Gasteiger charge is 2.17. The Morgan fingerprint density at radius 1 is 1.19 bits per heavy atom. The lowest BCUT2D eigenvalue weighted by molar-refractivity contribution is 0.396. The Bertz CT molecular complexity index is 696. The summed E-state index contributed by atoms with van der Waals surface area (Å²) < 4.78 is 26.6. The number of sulfonamides is 1. The first-order valence-electron chi connectivity index (χ1n) is 7.29. The molecule has 2 N–H and O–H groups in total. The molecule has 116 valence electrons. The van der Waals surface area contributed by atoms with E-state index in [4.69, 9.17) is 0 Å². The molecule has 0 unspecified atom stereocenters. The van der Waals surface area contributed by atoms with Gasteiger partial charge in [-0.3, -0.25) is 0 Å². The molecule has 0 aliphatic carbocycles. The van der Waals surface area contributed by atoms with E-state index >= 15 is 0 Å². The van der Waals surface area contributed by atoms with Gasteiger partial charge in [-0.1, -0.05) is 39.0 Å². The van der Waals surface area contributed by atoms with Crippen molar-refractivity contribution in [2.24, 2.45) is 5.41 Å². The first-order valence-corrected chi connectivity index (χ1v) is 8.94. The predicted octanol–water partition coefficient (Wildman–Crippen LogP) is 3.07. The number of rotatable bonds is 6. The quantitative estimate of drug-likeness (QED) is 0.861. The van der Waals surface area contributed by atoms with Gasteiger partial charge in [0.1, 0.15) is 0 Å². The molecular formula is C16H24N2O2S. The summed E-state index contributed by atoms with van der Waals surface area (Å²) in [6.07, 6.45) is 3.31. The molecule has 1 aromatic carbocycles. The molecule has 0 aliphatic rings. The zero-order chi connectivity index (χ0) is 15.5. The van der Waals surface area contributed by atoms with Crippen LogP contribution in [0.2, 0.25) is 0 Å². The van der Waals surface area contributed by atoms with E-state index in [2.05, 4.69) is 36.5 Å². The molecule has 0 bridgehead atoms. The second kappa shape index (κ2) is 6.20. The highest BCUT2D eigenvalue weighted by molar-refractivity contribution is 7.89. The maximum Gasteiger partial charge on any atom is 0.211 e. The second-order valence-electron chi connectivity index (χ2n) is 6.63. The minimum absolute atomic E-state index is 0.0333. The molecule has 21 heavy (non-hydrogen) atoms. The summed E-state index contributed by atoms with van der Waals surface area (Å²) in [5, 5.41) is 1.16. The van der Waals surface area contributed by atoms with E-state index < -0.39 is 10.0 Å². The van der Waals surface area contributed by atoms with Crippen LogP contribution in [0.15, 0.2) is 30.5 Å². The van der Waals surface area contributed by atoms with Crippen LogP contribution in [0, 0.1) is 5.41 Å². The Hall–Kier alpha value is -1.33. The average Bonchev–Trinajstić information content (AvgIpc) is 2.80. The fraction of sp³-hybridized carbons (Fsp3) is 0.500. The van der Waals surface area contributed by atoms with Crippen LogP contribution in [-0.4, -0.2) is 25.7 Å². The molecule has 2 rings (SSSR count). The van der Waals surface area contributed by atoms with E-state index in [9.17, 15) is 8.42 Å². The summed E-state index contributed by atoms with van der Waals surface area (Å²) in [4.78, 5) is 3.20. The van der Waals surface area contributed by atoms with E-state index in [0.717, 1.165) is 16.5 Å². The molecule has 5 heteroatoms. The third-order valence-corrected chi connectivity index (χ3v) is 4.90. The van der Waals surface area contributed by atoms with Crippen molar-refractivity contribution in [2.75, 3.05) is 12.3 Å². The molecule has 1 heterocycles. The van der Waals surface area contributed by atoms with E-state index in [0.29, 0.717) is 19.4 Å². The normalized spacial score (nSPS) is 12.9. The summed E-state index contributed by atoms with van der Waals surface area (Å²) >= 11 is 0. The lowest BCUT2D eigenvalue weighted by atomic mass is 9.94. The van der Waals surface area contributed by atoms with Crippen molar-refractivity contribution >= 4 is 20.9 Å². The maximum atomic E-state index is 12.0. The van der Waals surface area contributed by atoms with Crippen LogP contribution in [0.4, 0.5) is 0 Å². The summed E-state index contributed by atoms with van der Waals surface area (Å²) in [5.41, 5.74) is 2.26. The monoisotopic (exact) mass is 308 g/mol. The largest absolute Gasteiger partial charge is 0.361 e. The number of H-pyrrole nitrogens is 1. The van der Waals surface area contributed by atoms with Crippen LogP contribution in [-0.2, 0) is 16.4 Å². The smallest absolute Gasteiger partial charge is 0.211 e. The Morgan fingerprint density at radius 3 is 2.62 bits per heavy atom. The van der Waals surface area contributed by atoms with Gasteiger partial charge in [-0.05, 0) is 29.9 Å². The third kappa shape index (κ3) is 4.86. The summed E-state index contributed by atoms with van der Waals surface area (Å²) in [7, 11) is -3.18. The summed E-state index contributed by atoms with van der Waals surface area (Å²) in [6, 6.07) is 8.05. The number of hydrogen-bond acceptors (Lipinski definition) is 2. The number of aromatic amines is 1. The molecular weight excluding hydrogens is 284 g/mol. The molecule has 0 amide bonds. The first-order chi connectivity index (χ1) is 9.77. The van der Waals surface area contributed by atoms with Gasteiger partial charge in [0.2, 0.25) is 10.0 Å². The van der Waals surface area contributed by atoms with Gasteiger partial charge in [0, 0.05) is 23.6 Å². The summed E-state index contributed by atoms with van der Waals surface area (Å²) in [5.74, 6) is 0.185. The van der Waals surface area contributed by atoms with Gasteiger partial charge in [-0.2, -0.15) is 0 Å². The van der Waals surface area contributed by atoms with Crippen LogP contribution in [0.3, 0.4) is 0 Å². The Kier molecular flexibility index (Phi) is 4.74. The molecule has 4 nitrogen and oxygen atoms in total. The molecule has 1 aromatic heterocycles. The highest BCUT2D eigenvalue weighted by atomic mass is 32.2. The second-order valence-corrected chi connectivity index (χ2v) is 8.56. The standard InChI is InChI=1S/C16H24N2O2S/c1-16(2,3)9-11-21(19,20)18-10-8-13-12-17-15-7-5-4-6-14(13)15/h4-7,12,17-18H,8-11H2,1-3H3. The molecule has 0 saturated heterocycles. The van der Waals surface area contributed by atoms with Crippen LogP contribution in [0.5, 0.6) is 0 Å². The van der Waals surface area contributed by atoms with Gasteiger partial charge < -0.3 is 4.98 Å². The maximum absolute atomic E-state index is 12.0. The van der Waals surface area contributed by atoms with Crippen molar-refractivity contribution in [3.05, 3.63) is 36.0 Å². The van der Waals surface area contributed by atoms with Crippen molar-refractivity contribution in [3.63, 3.8) is 0 Å².